The van der Waals surface area contributed by atoms with Crippen molar-refractivity contribution in [3.8, 4) is 5.75 Å². The first-order chi connectivity index (χ1) is 10.7. The summed E-state index contributed by atoms with van der Waals surface area (Å²) in [6, 6.07) is 16.5. The van der Waals surface area contributed by atoms with Gasteiger partial charge in [-0.25, -0.2) is 0 Å². The highest BCUT2D eigenvalue weighted by Gasteiger charge is 2.31. The summed E-state index contributed by atoms with van der Waals surface area (Å²) in [6.07, 6.45) is 0.432. The molecule has 2 N–H and O–H groups in total. The van der Waals surface area contributed by atoms with Gasteiger partial charge in [0.2, 0.25) is 0 Å². The molecule has 1 aliphatic carbocycles. The van der Waals surface area contributed by atoms with E-state index in [0.717, 1.165) is 17.7 Å². The largest absolute Gasteiger partial charge is 0.494 e. The summed E-state index contributed by atoms with van der Waals surface area (Å²) in [5, 5.41) is 14.0. The van der Waals surface area contributed by atoms with Crippen LogP contribution in [0.2, 0.25) is 0 Å². The topological polar surface area (TPSA) is 41.5 Å². The monoisotopic (exact) mass is 297 g/mol. The quantitative estimate of drug-likeness (QED) is 0.889. The highest BCUT2D eigenvalue weighted by molar-refractivity contribution is 5.36. The minimum atomic E-state index is -0.436. The molecule has 0 amide bonds. The van der Waals surface area contributed by atoms with Crippen molar-refractivity contribution < 1.29 is 9.84 Å². The lowest BCUT2D eigenvalue weighted by molar-refractivity contribution is 0.136. The molecule has 0 spiro atoms. The molecule has 0 bridgehead atoms. The highest BCUT2D eigenvalue weighted by Crippen LogP contribution is 2.32. The van der Waals surface area contributed by atoms with Crippen LogP contribution in [0, 0.1) is 0 Å². The lowest BCUT2D eigenvalue weighted by Crippen LogP contribution is -2.34. The maximum absolute atomic E-state index is 10.5. The zero-order chi connectivity index (χ0) is 15.5. The molecule has 3 rings (SSSR count). The van der Waals surface area contributed by atoms with Crippen molar-refractivity contribution in [2.24, 2.45) is 0 Å². The third kappa shape index (κ3) is 3.01. The van der Waals surface area contributed by atoms with Gasteiger partial charge in [0.25, 0.3) is 0 Å². The number of hydrogen-bond acceptors (Lipinski definition) is 3. The fourth-order valence-corrected chi connectivity index (χ4v) is 3.18. The summed E-state index contributed by atoms with van der Waals surface area (Å²) >= 11 is 0. The highest BCUT2D eigenvalue weighted by atomic mass is 16.5. The Kier molecular flexibility index (Phi) is 4.46. The molecule has 22 heavy (non-hydrogen) atoms. The molecule has 3 atom stereocenters. The van der Waals surface area contributed by atoms with Crippen LogP contribution < -0.4 is 10.1 Å². The van der Waals surface area contributed by atoms with Gasteiger partial charge < -0.3 is 15.2 Å². The zero-order valence-electron chi connectivity index (χ0n) is 13.1. The molecular weight excluding hydrogens is 274 g/mol. The molecule has 2 aromatic carbocycles. The summed E-state index contributed by atoms with van der Waals surface area (Å²) in [5.74, 6) is 0.893. The third-order valence-corrected chi connectivity index (χ3v) is 4.33. The van der Waals surface area contributed by atoms with E-state index in [0.29, 0.717) is 6.61 Å². The van der Waals surface area contributed by atoms with Gasteiger partial charge in [0.1, 0.15) is 5.75 Å². The molecule has 0 aromatic heterocycles. The van der Waals surface area contributed by atoms with E-state index in [1.807, 2.05) is 37.3 Å². The van der Waals surface area contributed by atoms with Crippen molar-refractivity contribution >= 4 is 0 Å². The predicted octanol–water partition coefficient (Wildman–Crippen LogP) is 3.39. The fourth-order valence-electron chi connectivity index (χ4n) is 3.18. The van der Waals surface area contributed by atoms with Gasteiger partial charge in [-0.1, -0.05) is 36.4 Å². The van der Waals surface area contributed by atoms with Crippen molar-refractivity contribution in [1.29, 1.82) is 0 Å². The Bertz CT molecular complexity index is 641. The minimum absolute atomic E-state index is 0.0585. The second kappa shape index (κ2) is 6.51. The van der Waals surface area contributed by atoms with Crippen LogP contribution in [0.3, 0.4) is 0 Å². The standard InChI is InChI=1S/C19H23NO2/c1-3-22-16-9-6-8-14(11-16)13(2)20-18-12-15-7-4-5-10-17(15)19(18)21/h4-11,13,18-21H,3,12H2,1-2H3. The maximum atomic E-state index is 10.5. The first-order valence-electron chi connectivity index (χ1n) is 7.93. The normalized spacial score (nSPS) is 21.4. The summed E-state index contributed by atoms with van der Waals surface area (Å²) in [7, 11) is 0. The SMILES string of the molecule is CCOc1cccc(C(C)NC2Cc3ccccc3C2O)c1. The lowest BCUT2D eigenvalue weighted by atomic mass is 10.1. The number of aliphatic hydroxyl groups excluding tert-OH is 1. The van der Waals surface area contributed by atoms with Gasteiger partial charge >= 0.3 is 0 Å². The molecule has 3 nitrogen and oxygen atoms in total. The first-order valence-corrected chi connectivity index (χ1v) is 7.93. The van der Waals surface area contributed by atoms with Gasteiger partial charge in [0.05, 0.1) is 12.7 Å². The van der Waals surface area contributed by atoms with Crippen molar-refractivity contribution in [3.05, 3.63) is 65.2 Å². The van der Waals surface area contributed by atoms with E-state index >= 15 is 0 Å². The second-order valence-electron chi connectivity index (χ2n) is 5.85. The van der Waals surface area contributed by atoms with Crippen molar-refractivity contribution in [3.63, 3.8) is 0 Å². The number of aliphatic hydroxyl groups is 1. The number of rotatable bonds is 5. The van der Waals surface area contributed by atoms with Crippen LogP contribution in [0.4, 0.5) is 0 Å². The summed E-state index contributed by atoms with van der Waals surface area (Å²) < 4.78 is 5.56. The maximum Gasteiger partial charge on any atom is 0.119 e. The smallest absolute Gasteiger partial charge is 0.119 e. The Labute approximate surface area is 131 Å². The number of benzene rings is 2. The van der Waals surface area contributed by atoms with E-state index in [2.05, 4.69) is 30.4 Å². The molecule has 0 saturated heterocycles. The van der Waals surface area contributed by atoms with E-state index in [4.69, 9.17) is 4.74 Å². The summed E-state index contributed by atoms with van der Waals surface area (Å²) in [5.41, 5.74) is 3.46. The third-order valence-electron chi connectivity index (χ3n) is 4.33. The molecule has 116 valence electrons. The Balaban J connectivity index is 1.70. The predicted molar refractivity (Wildman–Crippen MR) is 88.1 cm³/mol. The van der Waals surface area contributed by atoms with Crippen LogP contribution in [-0.4, -0.2) is 17.8 Å². The average molecular weight is 297 g/mol. The lowest BCUT2D eigenvalue weighted by Gasteiger charge is -2.23. The van der Waals surface area contributed by atoms with E-state index in [9.17, 15) is 5.11 Å². The van der Waals surface area contributed by atoms with Crippen LogP contribution in [0.1, 0.15) is 42.7 Å². The van der Waals surface area contributed by atoms with Crippen molar-refractivity contribution in [2.45, 2.75) is 38.5 Å². The average Bonchev–Trinajstić information content (AvgIpc) is 2.85. The zero-order valence-corrected chi connectivity index (χ0v) is 13.1. The van der Waals surface area contributed by atoms with Crippen LogP contribution in [0.15, 0.2) is 48.5 Å². The van der Waals surface area contributed by atoms with Crippen LogP contribution in [0.5, 0.6) is 5.75 Å². The number of hydrogen-bond donors (Lipinski definition) is 2. The summed E-state index contributed by atoms with van der Waals surface area (Å²) in [6.45, 7) is 4.78. The van der Waals surface area contributed by atoms with Crippen LogP contribution >= 0.6 is 0 Å². The number of nitrogens with one attached hydrogen (secondary N) is 1. The molecule has 3 unspecified atom stereocenters. The molecular formula is C19H23NO2. The Morgan fingerprint density at radius 3 is 2.82 bits per heavy atom. The van der Waals surface area contributed by atoms with Gasteiger partial charge in [0, 0.05) is 12.1 Å². The number of fused-ring (bicyclic) bond motifs is 1. The molecule has 0 saturated carbocycles. The fraction of sp³-hybridized carbons (Fsp3) is 0.368. The van der Waals surface area contributed by atoms with Gasteiger partial charge in [0.15, 0.2) is 0 Å². The molecule has 3 heteroatoms. The molecule has 1 aliphatic rings. The van der Waals surface area contributed by atoms with Gasteiger partial charge in [-0.15, -0.1) is 0 Å². The minimum Gasteiger partial charge on any atom is -0.494 e. The van der Waals surface area contributed by atoms with E-state index in [1.165, 1.54) is 11.1 Å². The summed E-state index contributed by atoms with van der Waals surface area (Å²) in [4.78, 5) is 0. The first kappa shape index (κ1) is 15.1. The van der Waals surface area contributed by atoms with Crippen molar-refractivity contribution in [1.82, 2.24) is 5.32 Å². The van der Waals surface area contributed by atoms with E-state index < -0.39 is 6.10 Å². The van der Waals surface area contributed by atoms with E-state index in [-0.39, 0.29) is 12.1 Å². The molecule has 0 fully saturated rings. The number of ether oxygens (including phenoxy) is 1. The van der Waals surface area contributed by atoms with Crippen molar-refractivity contribution in [2.75, 3.05) is 6.61 Å². The van der Waals surface area contributed by atoms with Gasteiger partial charge in [-0.2, -0.15) is 0 Å². The van der Waals surface area contributed by atoms with Gasteiger partial charge in [-0.05, 0) is 49.1 Å². The molecule has 0 aliphatic heterocycles. The Morgan fingerprint density at radius 1 is 1.23 bits per heavy atom. The molecule has 0 heterocycles. The van der Waals surface area contributed by atoms with Gasteiger partial charge in [-0.3, -0.25) is 0 Å². The molecule has 0 radical (unpaired) electrons. The Morgan fingerprint density at radius 2 is 2.05 bits per heavy atom. The van der Waals surface area contributed by atoms with Crippen LogP contribution in [0.25, 0.3) is 0 Å². The second-order valence-corrected chi connectivity index (χ2v) is 5.85. The van der Waals surface area contributed by atoms with Crippen LogP contribution in [-0.2, 0) is 6.42 Å². The Hall–Kier alpha value is -1.84. The molecule has 2 aromatic rings. The van der Waals surface area contributed by atoms with E-state index in [1.54, 1.807) is 0 Å².